The zero-order valence-corrected chi connectivity index (χ0v) is 20.9. The molecular weight excluding hydrogens is 468 g/mol. The highest BCUT2D eigenvalue weighted by atomic mass is 16.5. The second-order valence-corrected chi connectivity index (χ2v) is 10.7. The largest absolute Gasteiger partial charge is 0.359 e. The van der Waals surface area contributed by atoms with E-state index >= 15 is 0 Å². The van der Waals surface area contributed by atoms with Gasteiger partial charge >= 0.3 is 0 Å². The molecule has 3 aliphatic heterocycles. The lowest BCUT2D eigenvalue weighted by Gasteiger charge is -2.34. The fourth-order valence-corrected chi connectivity index (χ4v) is 6.52. The van der Waals surface area contributed by atoms with Crippen LogP contribution in [-0.2, 0) is 25.7 Å². The Morgan fingerprint density at radius 1 is 1.11 bits per heavy atom. The molecule has 4 aliphatic rings. The van der Waals surface area contributed by atoms with E-state index in [4.69, 9.17) is 4.74 Å². The summed E-state index contributed by atoms with van der Waals surface area (Å²) >= 11 is 0. The van der Waals surface area contributed by atoms with Crippen LogP contribution >= 0.6 is 0 Å². The summed E-state index contributed by atoms with van der Waals surface area (Å²) in [5.74, 6) is -2.21. The van der Waals surface area contributed by atoms with E-state index in [1.807, 2.05) is 55.5 Å². The average molecular weight is 501 g/mol. The van der Waals surface area contributed by atoms with Gasteiger partial charge < -0.3 is 20.3 Å². The smallest absolute Gasteiger partial charge is 0.246 e. The lowest BCUT2D eigenvalue weighted by molar-refractivity contribution is -0.142. The van der Waals surface area contributed by atoms with E-state index in [1.54, 1.807) is 17.3 Å². The number of carbonyl (C=O) groups is 3. The summed E-state index contributed by atoms with van der Waals surface area (Å²) in [6, 6.07) is 10.5. The molecule has 1 aliphatic carbocycles. The lowest BCUT2D eigenvalue weighted by Crippen LogP contribution is -2.56. The molecule has 6 rings (SSSR count). The first-order valence-corrected chi connectivity index (χ1v) is 13.2. The molecule has 2 bridgehead atoms. The van der Waals surface area contributed by atoms with Crippen LogP contribution in [0.3, 0.4) is 0 Å². The first-order chi connectivity index (χ1) is 18.0. The van der Waals surface area contributed by atoms with Gasteiger partial charge in [0.25, 0.3) is 0 Å². The Bertz CT molecular complexity index is 1220. The molecule has 1 saturated carbocycles. The Morgan fingerprint density at radius 3 is 2.62 bits per heavy atom. The van der Waals surface area contributed by atoms with Crippen LogP contribution in [0.2, 0.25) is 0 Å². The van der Waals surface area contributed by atoms with Crippen LogP contribution < -0.4 is 10.6 Å². The Labute approximate surface area is 216 Å². The number of aryl methyl sites for hydroxylation is 1. The standard InChI is InChI=1S/C29H32N4O4/c1-18-9-11-21(12-10-18)31-26(34)23-22-13-14-29(37-22)24(23)28(36)33(17-19-6-5-15-30-16-19)25(29)27(35)32-20-7-3-2-4-8-20/h5-6,9-16,20,22-25H,2-4,7-8,17H2,1H3,(H,31,34)(H,32,35)/t22-,23-,24-,25-,29-/m1/s1. The first kappa shape index (κ1) is 23.9. The zero-order valence-electron chi connectivity index (χ0n) is 20.9. The summed E-state index contributed by atoms with van der Waals surface area (Å²) in [5.41, 5.74) is 1.41. The van der Waals surface area contributed by atoms with E-state index < -0.39 is 29.6 Å². The van der Waals surface area contributed by atoms with Gasteiger partial charge in [-0.25, -0.2) is 0 Å². The lowest BCUT2D eigenvalue weighted by atomic mass is 9.74. The number of hydrogen-bond donors (Lipinski definition) is 2. The van der Waals surface area contributed by atoms with Gasteiger partial charge in [0.2, 0.25) is 17.7 Å². The number of anilines is 1. The summed E-state index contributed by atoms with van der Waals surface area (Å²) in [5, 5.41) is 6.18. The van der Waals surface area contributed by atoms with E-state index in [0.717, 1.165) is 36.8 Å². The van der Waals surface area contributed by atoms with Gasteiger partial charge in [0.05, 0.1) is 17.9 Å². The van der Waals surface area contributed by atoms with Crippen molar-refractivity contribution in [1.82, 2.24) is 15.2 Å². The molecule has 8 heteroatoms. The Kier molecular flexibility index (Phi) is 6.07. The number of ether oxygens (including phenoxy) is 1. The Hall–Kier alpha value is -3.52. The van der Waals surface area contributed by atoms with Crippen molar-refractivity contribution >= 4 is 23.4 Å². The highest BCUT2D eigenvalue weighted by Gasteiger charge is 2.72. The number of nitrogens with one attached hydrogen (secondary N) is 2. The molecule has 37 heavy (non-hydrogen) atoms. The first-order valence-electron chi connectivity index (χ1n) is 13.2. The number of hydrogen-bond acceptors (Lipinski definition) is 5. The molecule has 0 radical (unpaired) electrons. The van der Waals surface area contributed by atoms with Crippen LogP contribution in [0.1, 0.15) is 43.2 Å². The molecule has 1 aromatic carbocycles. The van der Waals surface area contributed by atoms with Crippen molar-refractivity contribution in [3.63, 3.8) is 0 Å². The van der Waals surface area contributed by atoms with Gasteiger partial charge in [-0.15, -0.1) is 0 Å². The van der Waals surface area contributed by atoms with Crippen LogP contribution in [-0.4, -0.2) is 51.4 Å². The monoisotopic (exact) mass is 500 g/mol. The fourth-order valence-electron chi connectivity index (χ4n) is 6.52. The molecule has 3 fully saturated rings. The van der Waals surface area contributed by atoms with Crippen molar-refractivity contribution in [2.45, 2.75) is 69.4 Å². The van der Waals surface area contributed by atoms with Gasteiger partial charge in [0, 0.05) is 30.7 Å². The second-order valence-electron chi connectivity index (χ2n) is 10.7. The Morgan fingerprint density at radius 2 is 1.89 bits per heavy atom. The molecule has 1 spiro atoms. The van der Waals surface area contributed by atoms with Gasteiger partial charge in [0.1, 0.15) is 11.6 Å². The number of benzene rings is 1. The molecule has 5 atom stereocenters. The SMILES string of the molecule is Cc1ccc(NC(=O)[C@@H]2[C@H]3C=C[C@@]4(O3)[C@H]2C(=O)N(Cc2cccnc2)[C@@H]4C(=O)NC2CCCCC2)cc1. The van der Waals surface area contributed by atoms with Crippen LogP contribution in [0.4, 0.5) is 5.69 Å². The molecule has 192 valence electrons. The van der Waals surface area contributed by atoms with Crippen LogP contribution in [0.5, 0.6) is 0 Å². The quantitative estimate of drug-likeness (QED) is 0.594. The highest BCUT2D eigenvalue weighted by molar-refractivity contribution is 6.02. The van der Waals surface area contributed by atoms with Crippen molar-refractivity contribution in [2.75, 3.05) is 5.32 Å². The number of amides is 3. The summed E-state index contributed by atoms with van der Waals surface area (Å²) in [6.45, 7) is 2.21. The second kappa shape index (κ2) is 9.41. The minimum atomic E-state index is -1.17. The van der Waals surface area contributed by atoms with Gasteiger partial charge in [-0.1, -0.05) is 55.2 Å². The third kappa shape index (κ3) is 4.13. The Balaban J connectivity index is 1.32. The van der Waals surface area contributed by atoms with Crippen molar-refractivity contribution in [3.05, 3.63) is 72.1 Å². The zero-order chi connectivity index (χ0) is 25.6. The fraction of sp³-hybridized carbons (Fsp3) is 0.448. The van der Waals surface area contributed by atoms with Gasteiger partial charge in [-0.3, -0.25) is 19.4 Å². The molecule has 0 unspecified atom stereocenters. The molecule has 8 nitrogen and oxygen atoms in total. The maximum atomic E-state index is 14.0. The van der Waals surface area contributed by atoms with E-state index in [2.05, 4.69) is 15.6 Å². The molecular formula is C29H32N4O4. The molecule has 3 amide bonds. The third-order valence-corrected chi connectivity index (χ3v) is 8.27. The number of aromatic nitrogens is 1. The molecule has 2 aromatic rings. The van der Waals surface area contributed by atoms with Gasteiger partial charge in [-0.05, 0) is 43.5 Å². The minimum Gasteiger partial charge on any atom is -0.359 e. The number of nitrogens with zero attached hydrogens (tertiary/aromatic N) is 2. The molecule has 2 N–H and O–H groups in total. The third-order valence-electron chi connectivity index (χ3n) is 8.27. The van der Waals surface area contributed by atoms with Gasteiger partial charge in [-0.2, -0.15) is 0 Å². The predicted octanol–water partition coefficient (Wildman–Crippen LogP) is 3.13. The highest BCUT2D eigenvalue weighted by Crippen LogP contribution is 2.55. The van der Waals surface area contributed by atoms with Crippen molar-refractivity contribution in [2.24, 2.45) is 11.8 Å². The molecule has 1 aromatic heterocycles. The number of carbonyl (C=O) groups excluding carboxylic acids is 3. The predicted molar refractivity (Wildman–Crippen MR) is 137 cm³/mol. The number of likely N-dealkylation sites (tertiary alicyclic amines) is 1. The van der Waals surface area contributed by atoms with Crippen LogP contribution in [0.25, 0.3) is 0 Å². The number of fused-ring (bicyclic) bond motifs is 1. The van der Waals surface area contributed by atoms with E-state index in [0.29, 0.717) is 5.69 Å². The van der Waals surface area contributed by atoms with Crippen molar-refractivity contribution in [3.8, 4) is 0 Å². The van der Waals surface area contributed by atoms with E-state index in [9.17, 15) is 14.4 Å². The van der Waals surface area contributed by atoms with Crippen molar-refractivity contribution in [1.29, 1.82) is 0 Å². The van der Waals surface area contributed by atoms with Crippen molar-refractivity contribution < 1.29 is 19.1 Å². The van der Waals surface area contributed by atoms with E-state index in [1.165, 1.54) is 6.42 Å². The summed E-state index contributed by atoms with van der Waals surface area (Å²) in [6.07, 6.45) is 11.7. The average Bonchev–Trinajstić information content (AvgIpc) is 3.54. The molecule has 2 saturated heterocycles. The number of pyridine rings is 1. The molecule has 4 heterocycles. The summed E-state index contributed by atoms with van der Waals surface area (Å²) in [4.78, 5) is 47.2. The minimum absolute atomic E-state index is 0.0928. The van der Waals surface area contributed by atoms with E-state index in [-0.39, 0.29) is 30.3 Å². The summed E-state index contributed by atoms with van der Waals surface area (Å²) in [7, 11) is 0. The van der Waals surface area contributed by atoms with Gasteiger partial charge in [0.15, 0.2) is 0 Å². The topological polar surface area (TPSA) is 101 Å². The van der Waals surface area contributed by atoms with Crippen LogP contribution in [0.15, 0.2) is 60.9 Å². The summed E-state index contributed by atoms with van der Waals surface area (Å²) < 4.78 is 6.42. The maximum absolute atomic E-state index is 14.0. The maximum Gasteiger partial charge on any atom is 0.246 e. The number of rotatable bonds is 6. The van der Waals surface area contributed by atoms with Crippen LogP contribution in [0, 0.1) is 18.8 Å². The normalized spacial score (nSPS) is 30.4.